The molecule has 21 heavy (non-hydrogen) atoms. The Morgan fingerprint density at radius 2 is 2.33 bits per heavy atom. The molecule has 0 aromatic heterocycles. The zero-order chi connectivity index (χ0) is 15.4. The predicted octanol–water partition coefficient (Wildman–Crippen LogP) is 0.130. The first-order valence-corrected chi connectivity index (χ1v) is 6.48. The molecular formula is C15H15FN2O3. The lowest BCUT2D eigenvalue weighted by molar-refractivity contribution is -0.128. The Morgan fingerprint density at radius 3 is 2.90 bits per heavy atom. The Labute approximate surface area is 121 Å². The molecule has 1 saturated heterocycles. The summed E-state index contributed by atoms with van der Waals surface area (Å²) in [5.41, 5.74) is 0.238. The van der Waals surface area contributed by atoms with E-state index in [0.29, 0.717) is 13.0 Å². The summed E-state index contributed by atoms with van der Waals surface area (Å²) in [4.78, 5) is 25.3. The number of halogens is 1. The maximum atomic E-state index is 13.7. The monoisotopic (exact) mass is 290 g/mol. The van der Waals surface area contributed by atoms with Crippen LogP contribution in [0, 0.1) is 17.7 Å². The van der Waals surface area contributed by atoms with Gasteiger partial charge in [-0.25, -0.2) is 4.39 Å². The fourth-order valence-corrected chi connectivity index (χ4v) is 2.09. The predicted molar refractivity (Wildman–Crippen MR) is 73.9 cm³/mol. The third-order valence-corrected chi connectivity index (χ3v) is 3.27. The van der Waals surface area contributed by atoms with E-state index >= 15 is 0 Å². The number of hydrogen-bond acceptors (Lipinski definition) is 3. The number of carbonyl (C=O) groups excluding carboxylic acids is 2. The van der Waals surface area contributed by atoms with Crippen molar-refractivity contribution >= 4 is 11.8 Å². The summed E-state index contributed by atoms with van der Waals surface area (Å²) in [7, 11) is 1.67. The Kier molecular flexibility index (Phi) is 4.55. The van der Waals surface area contributed by atoms with Crippen LogP contribution in [-0.4, -0.2) is 48.1 Å². The first-order valence-electron chi connectivity index (χ1n) is 6.48. The Morgan fingerprint density at radius 1 is 1.57 bits per heavy atom. The van der Waals surface area contributed by atoms with Crippen LogP contribution in [0.3, 0.4) is 0 Å². The minimum Gasteiger partial charge on any atom is -0.384 e. The van der Waals surface area contributed by atoms with Gasteiger partial charge in [-0.1, -0.05) is 11.8 Å². The fraction of sp³-hybridized carbons (Fsp3) is 0.333. The van der Waals surface area contributed by atoms with Crippen molar-refractivity contribution in [2.24, 2.45) is 0 Å². The second-order valence-corrected chi connectivity index (χ2v) is 4.73. The number of rotatable bonds is 2. The highest BCUT2D eigenvalue weighted by atomic mass is 19.1. The van der Waals surface area contributed by atoms with Gasteiger partial charge >= 0.3 is 0 Å². The van der Waals surface area contributed by atoms with Gasteiger partial charge in [0.25, 0.3) is 5.91 Å². The van der Waals surface area contributed by atoms with Gasteiger partial charge in [0.1, 0.15) is 18.5 Å². The molecule has 0 radical (unpaired) electrons. The average Bonchev–Trinajstić information content (AvgIpc) is 2.78. The molecule has 1 atom stereocenters. The van der Waals surface area contributed by atoms with E-state index in [1.807, 2.05) is 0 Å². The van der Waals surface area contributed by atoms with Crippen molar-refractivity contribution in [3.05, 3.63) is 35.1 Å². The van der Waals surface area contributed by atoms with Gasteiger partial charge in [0, 0.05) is 19.2 Å². The maximum absolute atomic E-state index is 13.7. The minimum atomic E-state index is -0.640. The first kappa shape index (κ1) is 15.0. The van der Waals surface area contributed by atoms with Crippen molar-refractivity contribution in [1.29, 1.82) is 0 Å². The second kappa shape index (κ2) is 6.37. The van der Waals surface area contributed by atoms with Crippen LogP contribution >= 0.6 is 0 Å². The number of likely N-dealkylation sites (N-methyl/N-ethyl adjacent to an activating group) is 1. The van der Waals surface area contributed by atoms with Crippen LogP contribution in [0.2, 0.25) is 0 Å². The highest BCUT2D eigenvalue weighted by Crippen LogP contribution is 2.12. The van der Waals surface area contributed by atoms with Crippen molar-refractivity contribution in [2.75, 3.05) is 20.2 Å². The molecule has 1 aliphatic heterocycles. The number of amides is 2. The fourth-order valence-electron chi connectivity index (χ4n) is 2.09. The van der Waals surface area contributed by atoms with E-state index in [0.717, 1.165) is 6.07 Å². The number of nitrogens with zero attached hydrogens (tertiary/aromatic N) is 1. The van der Waals surface area contributed by atoms with E-state index in [2.05, 4.69) is 17.2 Å². The number of nitrogens with one attached hydrogen (secondary N) is 1. The summed E-state index contributed by atoms with van der Waals surface area (Å²) in [6.45, 7) is 0.229. The molecule has 1 aromatic rings. The molecular weight excluding hydrogens is 275 g/mol. The van der Waals surface area contributed by atoms with Gasteiger partial charge in [-0.15, -0.1) is 0 Å². The van der Waals surface area contributed by atoms with Crippen molar-refractivity contribution in [3.8, 4) is 11.8 Å². The van der Waals surface area contributed by atoms with Gasteiger partial charge < -0.3 is 15.3 Å². The van der Waals surface area contributed by atoms with Gasteiger partial charge in [-0.2, -0.15) is 0 Å². The number of likely N-dealkylation sites (tertiary alicyclic amines) is 1. The Balaban J connectivity index is 2.10. The van der Waals surface area contributed by atoms with Crippen LogP contribution in [0.1, 0.15) is 22.3 Å². The molecule has 0 aliphatic carbocycles. The minimum absolute atomic E-state index is 0.109. The summed E-state index contributed by atoms with van der Waals surface area (Å²) >= 11 is 0. The van der Waals surface area contributed by atoms with Crippen LogP contribution < -0.4 is 5.32 Å². The molecule has 0 spiro atoms. The summed E-state index contributed by atoms with van der Waals surface area (Å²) < 4.78 is 13.7. The lowest BCUT2D eigenvalue weighted by atomic mass is 10.1. The summed E-state index contributed by atoms with van der Waals surface area (Å²) in [6, 6.07) is 3.32. The van der Waals surface area contributed by atoms with Crippen molar-refractivity contribution in [1.82, 2.24) is 10.2 Å². The molecule has 2 rings (SSSR count). The molecule has 2 N–H and O–H groups in total. The standard InChI is InChI=1S/C15H15FN2O3/c1-18-7-6-13(15(18)21)17-14(20)11-5-4-10(3-2-8-19)12(16)9-11/h4-5,9,13,19H,6-8H2,1H3,(H,17,20). The van der Waals surface area contributed by atoms with E-state index in [-0.39, 0.29) is 23.6 Å². The Hall–Kier alpha value is -2.39. The lowest BCUT2D eigenvalue weighted by Gasteiger charge is -2.12. The maximum Gasteiger partial charge on any atom is 0.252 e. The number of benzene rings is 1. The van der Waals surface area contributed by atoms with Gasteiger partial charge in [0.2, 0.25) is 5.91 Å². The van der Waals surface area contributed by atoms with Crippen molar-refractivity contribution in [3.63, 3.8) is 0 Å². The van der Waals surface area contributed by atoms with E-state index in [1.54, 1.807) is 11.9 Å². The summed E-state index contributed by atoms with van der Waals surface area (Å²) in [6.07, 6.45) is 0.545. The SMILES string of the molecule is CN1CCC(NC(=O)c2ccc(C#CCO)c(F)c2)C1=O. The highest BCUT2D eigenvalue weighted by molar-refractivity contribution is 5.98. The quantitative estimate of drug-likeness (QED) is 0.761. The summed E-state index contributed by atoms with van der Waals surface area (Å²) in [5.74, 6) is 3.50. The number of aliphatic hydroxyl groups excluding tert-OH is 1. The van der Waals surface area contributed by atoms with E-state index in [4.69, 9.17) is 5.11 Å². The largest absolute Gasteiger partial charge is 0.384 e. The number of hydrogen-bond donors (Lipinski definition) is 2. The topological polar surface area (TPSA) is 69.6 Å². The second-order valence-electron chi connectivity index (χ2n) is 4.73. The molecule has 6 heteroatoms. The molecule has 0 bridgehead atoms. The molecule has 110 valence electrons. The Bertz CT molecular complexity index is 634. The molecule has 2 amide bonds. The van der Waals surface area contributed by atoms with Gasteiger partial charge in [-0.05, 0) is 24.6 Å². The first-order chi connectivity index (χ1) is 10.0. The van der Waals surface area contributed by atoms with Crippen molar-refractivity contribution < 1.29 is 19.1 Å². The van der Waals surface area contributed by atoms with Gasteiger partial charge in [0.15, 0.2) is 0 Å². The smallest absolute Gasteiger partial charge is 0.252 e. The molecule has 1 aromatic carbocycles. The van der Waals surface area contributed by atoms with Crippen molar-refractivity contribution in [2.45, 2.75) is 12.5 Å². The summed E-state index contributed by atoms with van der Waals surface area (Å²) in [5, 5.41) is 11.2. The third kappa shape index (κ3) is 3.38. The van der Waals surface area contributed by atoms with Gasteiger partial charge in [-0.3, -0.25) is 9.59 Å². The van der Waals surface area contributed by atoms with Crippen LogP contribution in [0.5, 0.6) is 0 Å². The highest BCUT2D eigenvalue weighted by Gasteiger charge is 2.30. The van der Waals surface area contributed by atoms with E-state index in [9.17, 15) is 14.0 Å². The van der Waals surface area contributed by atoms with E-state index < -0.39 is 17.8 Å². The molecule has 1 heterocycles. The zero-order valence-electron chi connectivity index (χ0n) is 11.5. The van der Waals surface area contributed by atoms with Crippen LogP contribution in [-0.2, 0) is 4.79 Å². The molecule has 1 aliphatic rings. The van der Waals surface area contributed by atoms with E-state index in [1.165, 1.54) is 12.1 Å². The number of carbonyl (C=O) groups is 2. The average molecular weight is 290 g/mol. The van der Waals surface area contributed by atoms with Crippen LogP contribution in [0.15, 0.2) is 18.2 Å². The number of aliphatic hydroxyl groups is 1. The van der Waals surface area contributed by atoms with Crippen LogP contribution in [0.4, 0.5) is 4.39 Å². The van der Waals surface area contributed by atoms with Crippen LogP contribution in [0.25, 0.3) is 0 Å². The zero-order valence-corrected chi connectivity index (χ0v) is 11.5. The normalized spacial score (nSPS) is 17.4. The molecule has 1 fully saturated rings. The lowest BCUT2D eigenvalue weighted by Crippen LogP contribution is -2.40. The molecule has 0 saturated carbocycles. The van der Waals surface area contributed by atoms with Gasteiger partial charge in [0.05, 0.1) is 5.56 Å². The molecule has 1 unspecified atom stereocenters. The molecule has 5 nitrogen and oxygen atoms in total. The third-order valence-electron chi connectivity index (χ3n) is 3.27.